The molecule has 2 amide bonds. The van der Waals surface area contributed by atoms with Crippen molar-refractivity contribution < 1.29 is 47.6 Å². The Balaban J connectivity index is 0.000000193. The van der Waals surface area contributed by atoms with E-state index in [9.17, 15) is 19.2 Å². The van der Waals surface area contributed by atoms with Crippen LogP contribution in [0.2, 0.25) is 20.1 Å². The monoisotopic (exact) mass is 1110 g/mol. The number of aromatic nitrogens is 4. The van der Waals surface area contributed by atoms with Crippen molar-refractivity contribution in [1.29, 1.82) is 0 Å². The fourth-order valence-corrected chi connectivity index (χ4v) is 11.5. The summed E-state index contributed by atoms with van der Waals surface area (Å²) in [4.78, 5) is 70.4. The third-order valence-corrected chi connectivity index (χ3v) is 15.4. The molecule has 76 heavy (non-hydrogen) atoms. The summed E-state index contributed by atoms with van der Waals surface area (Å²) in [5.74, 6) is 0.349. The van der Waals surface area contributed by atoms with Crippen LogP contribution < -0.4 is 35.3 Å². The molecule has 6 atom stereocenters. The van der Waals surface area contributed by atoms with Crippen molar-refractivity contribution in [1.82, 2.24) is 24.8 Å². The minimum absolute atomic E-state index is 0.118. The number of methoxy groups -OCH3 is 6. The van der Waals surface area contributed by atoms with E-state index in [0.717, 1.165) is 16.5 Å². The normalized spacial score (nSPS) is 19.7. The van der Waals surface area contributed by atoms with Crippen LogP contribution in [-0.4, -0.2) is 115 Å². The highest BCUT2D eigenvalue weighted by Crippen LogP contribution is 2.48. The largest absolute Gasteiger partial charge is 0.495 e. The van der Waals surface area contributed by atoms with Crippen LogP contribution in [0.1, 0.15) is 46.4 Å². The molecule has 0 saturated heterocycles. The molecule has 10 rings (SSSR count). The van der Waals surface area contributed by atoms with E-state index in [1.54, 1.807) is 48.8 Å². The van der Waals surface area contributed by atoms with Crippen LogP contribution in [0.4, 0.5) is 11.9 Å². The summed E-state index contributed by atoms with van der Waals surface area (Å²) in [5.41, 5.74) is 10.9. The first kappa shape index (κ1) is 53.6. The molecule has 7 aromatic rings. The van der Waals surface area contributed by atoms with Gasteiger partial charge in [-0.25, -0.2) is 19.9 Å². The molecule has 22 heteroatoms. The lowest BCUT2D eigenvalue weighted by Gasteiger charge is -2.28. The van der Waals surface area contributed by atoms with Crippen LogP contribution >= 0.6 is 46.4 Å². The molecule has 3 aliphatic rings. The lowest BCUT2D eigenvalue weighted by Crippen LogP contribution is -2.47. The molecular formula is C54H50Cl4N8O10. The number of imide groups is 1. The van der Waals surface area contributed by atoms with Crippen LogP contribution in [0, 0.1) is 11.8 Å². The Morgan fingerprint density at radius 2 is 0.974 bits per heavy atom. The quantitative estimate of drug-likeness (QED) is 0.0720. The summed E-state index contributed by atoms with van der Waals surface area (Å²) in [5, 5.41) is 9.51. The highest BCUT2D eigenvalue weighted by atomic mass is 35.5. The maximum atomic E-state index is 13.3. The van der Waals surface area contributed by atoms with Gasteiger partial charge in [0.05, 0.1) is 109 Å². The van der Waals surface area contributed by atoms with Crippen LogP contribution in [-0.2, 0) is 19.1 Å². The van der Waals surface area contributed by atoms with Gasteiger partial charge in [-0.2, -0.15) is 0 Å². The number of hydrogen-bond donors (Lipinski definition) is 3. The van der Waals surface area contributed by atoms with Crippen molar-refractivity contribution in [3.8, 4) is 45.3 Å². The van der Waals surface area contributed by atoms with E-state index in [1.165, 1.54) is 47.6 Å². The van der Waals surface area contributed by atoms with Gasteiger partial charge in [-0.1, -0.05) is 70.7 Å². The van der Waals surface area contributed by atoms with Crippen molar-refractivity contribution in [3.05, 3.63) is 116 Å². The Bertz CT molecular complexity index is 3350. The van der Waals surface area contributed by atoms with Gasteiger partial charge in [-0.3, -0.25) is 24.1 Å². The number of rotatable bonds is 13. The van der Waals surface area contributed by atoms with Crippen LogP contribution in [0.5, 0.6) is 23.0 Å². The molecule has 0 bridgehead atoms. The maximum Gasteiger partial charge on any atom is 0.308 e. The molecule has 0 spiro atoms. The number of carbonyl (C=O) groups is 4. The average molecular weight is 1110 g/mol. The maximum absolute atomic E-state index is 13.3. The molecule has 6 unspecified atom stereocenters. The Kier molecular flexibility index (Phi) is 15.9. The predicted octanol–water partition coefficient (Wildman–Crippen LogP) is 9.96. The van der Waals surface area contributed by atoms with Crippen LogP contribution in [0.15, 0.2) is 85.2 Å². The minimum Gasteiger partial charge on any atom is -0.495 e. The first-order valence-corrected chi connectivity index (χ1v) is 25.3. The first-order chi connectivity index (χ1) is 36.6. The molecule has 1 aliphatic heterocycles. The van der Waals surface area contributed by atoms with Crippen LogP contribution in [0.25, 0.3) is 44.1 Å². The van der Waals surface area contributed by atoms with Crippen molar-refractivity contribution in [2.45, 2.75) is 49.9 Å². The molecule has 2 fully saturated rings. The second kappa shape index (κ2) is 22.5. The third-order valence-electron chi connectivity index (χ3n) is 13.9. The second-order valence-electron chi connectivity index (χ2n) is 18.1. The smallest absolute Gasteiger partial charge is 0.308 e. The van der Waals surface area contributed by atoms with Gasteiger partial charge in [0.1, 0.15) is 23.0 Å². The van der Waals surface area contributed by atoms with E-state index in [-0.39, 0.29) is 48.2 Å². The lowest BCUT2D eigenvalue weighted by molar-refractivity contribution is -0.146. The number of nitrogens with one attached hydrogen (secondary N) is 2. The van der Waals surface area contributed by atoms with Gasteiger partial charge < -0.3 is 44.8 Å². The first-order valence-electron chi connectivity index (χ1n) is 23.8. The van der Waals surface area contributed by atoms with Gasteiger partial charge in [-0.05, 0) is 73.2 Å². The molecule has 2 aromatic heterocycles. The zero-order chi connectivity index (χ0) is 54.1. The van der Waals surface area contributed by atoms with E-state index in [1.807, 2.05) is 36.4 Å². The Hall–Kier alpha value is -7.22. The number of amides is 2. The number of fused-ring (bicyclic) bond motifs is 3. The third kappa shape index (κ3) is 10.3. The molecule has 2 saturated carbocycles. The number of hydrogen-bond acceptors (Lipinski definition) is 17. The molecule has 394 valence electrons. The Morgan fingerprint density at radius 3 is 1.39 bits per heavy atom. The van der Waals surface area contributed by atoms with Gasteiger partial charge in [0.2, 0.25) is 11.9 Å². The SMILES string of the molecule is COC(=O)C1CC(N)C(Nc2ncc3cc(-c4c(Cl)c(OC)cc(OC)c4Cl)ccc3n2)C1.COC(=O)C1CC(Nc2ncc3cc(-c4c(Cl)c(OC)cc(OC)c4Cl)ccc3n2)C(N2C(=O)c3ccccc3C2=O)C1. The summed E-state index contributed by atoms with van der Waals surface area (Å²) in [7, 11) is 8.80. The summed E-state index contributed by atoms with van der Waals surface area (Å²) in [6.07, 6.45) is 5.09. The van der Waals surface area contributed by atoms with E-state index < -0.39 is 24.0 Å². The molecule has 4 N–H and O–H groups in total. The van der Waals surface area contributed by atoms with E-state index >= 15 is 0 Å². The van der Waals surface area contributed by atoms with Crippen molar-refractivity contribution in [2.75, 3.05) is 53.3 Å². The molecule has 0 radical (unpaired) electrons. The Morgan fingerprint density at radius 1 is 0.566 bits per heavy atom. The highest BCUT2D eigenvalue weighted by molar-refractivity contribution is 6.42. The molecule has 2 aliphatic carbocycles. The molecule has 5 aromatic carbocycles. The van der Waals surface area contributed by atoms with Gasteiger partial charge in [0.25, 0.3) is 11.8 Å². The van der Waals surface area contributed by atoms with Crippen molar-refractivity contribution in [3.63, 3.8) is 0 Å². The number of nitrogens with two attached hydrogens (primary N) is 1. The number of carbonyl (C=O) groups excluding carboxylic acids is 4. The van der Waals surface area contributed by atoms with E-state index in [0.29, 0.717) is 107 Å². The summed E-state index contributed by atoms with van der Waals surface area (Å²) in [6.45, 7) is 0. The number of ether oxygens (including phenoxy) is 6. The number of anilines is 2. The fraction of sp³-hybridized carbons (Fsp3) is 0.296. The van der Waals surface area contributed by atoms with E-state index in [2.05, 4.69) is 30.6 Å². The lowest BCUT2D eigenvalue weighted by atomic mass is 10.0. The Labute approximate surface area is 456 Å². The predicted molar refractivity (Wildman–Crippen MR) is 289 cm³/mol. The van der Waals surface area contributed by atoms with Crippen molar-refractivity contribution in [2.24, 2.45) is 17.6 Å². The van der Waals surface area contributed by atoms with Gasteiger partial charge in [0, 0.05) is 58.5 Å². The number of esters is 2. The number of halogens is 4. The van der Waals surface area contributed by atoms with Gasteiger partial charge in [0.15, 0.2) is 0 Å². The highest BCUT2D eigenvalue weighted by Gasteiger charge is 2.49. The fourth-order valence-electron chi connectivity index (χ4n) is 10.0. The van der Waals surface area contributed by atoms with Crippen molar-refractivity contribution >= 4 is 104 Å². The molecule has 3 heterocycles. The van der Waals surface area contributed by atoms with Crippen LogP contribution in [0.3, 0.4) is 0 Å². The standard InChI is InChI=1S/C31H26Cl2N4O6.C23H24Cl2N4O4/c1-41-23-13-24(42-2)27(33)25(26(23)32)15-8-9-20-17(10-15)14-34-31(35-20)36-21-11-16(30(40)43-3)12-22(21)37-28(38)18-6-4-5-7-19(18)29(37)39;1-31-17-9-18(32-2)21(25)19(20(17)24)11-4-5-15-13(6-11)10-27-23(28-15)29-16-8-12(7-14(16)26)22(30)33-3/h4-10,13-14,16,21-22H,11-12H2,1-3H3,(H,34,35,36);4-6,9-10,12,14,16H,7-8,26H2,1-3H3,(H,27,28,29). The van der Waals surface area contributed by atoms with Gasteiger partial charge in [-0.15, -0.1) is 0 Å². The number of nitrogens with zero attached hydrogens (tertiary/aromatic N) is 5. The molecular weight excluding hydrogens is 1060 g/mol. The van der Waals surface area contributed by atoms with Gasteiger partial charge >= 0.3 is 11.9 Å². The zero-order valence-corrected chi connectivity index (χ0v) is 44.8. The number of benzene rings is 5. The minimum atomic E-state index is -0.606. The topological polar surface area (TPSA) is 229 Å². The zero-order valence-electron chi connectivity index (χ0n) is 41.8. The van der Waals surface area contributed by atoms with E-state index in [4.69, 9.17) is 80.6 Å². The summed E-state index contributed by atoms with van der Waals surface area (Å²) < 4.78 is 31.4. The summed E-state index contributed by atoms with van der Waals surface area (Å²) in [6, 6.07) is 19.7. The second-order valence-corrected chi connectivity index (χ2v) is 19.7. The molecule has 18 nitrogen and oxygen atoms in total. The summed E-state index contributed by atoms with van der Waals surface area (Å²) >= 11 is 26.4. The average Bonchev–Trinajstić information content (AvgIpc) is 4.13.